The SMILES string of the molecule is CCOc1ccc(-n2c(N)c(C(=O)OC[C@@H](C)CC)c3nc4ccccc4nc32)cc1. The first-order valence-electron chi connectivity index (χ1n) is 10.5. The van der Waals surface area contributed by atoms with E-state index in [9.17, 15) is 4.79 Å². The van der Waals surface area contributed by atoms with E-state index in [0.717, 1.165) is 23.4 Å². The summed E-state index contributed by atoms with van der Waals surface area (Å²) in [6.07, 6.45) is 0.918. The van der Waals surface area contributed by atoms with E-state index in [4.69, 9.17) is 25.2 Å². The highest BCUT2D eigenvalue weighted by Gasteiger charge is 2.26. The Hall–Kier alpha value is -3.61. The zero-order valence-corrected chi connectivity index (χ0v) is 18.0. The molecule has 31 heavy (non-hydrogen) atoms. The molecule has 0 fully saturated rings. The van der Waals surface area contributed by atoms with Crippen molar-refractivity contribution in [2.45, 2.75) is 27.2 Å². The molecule has 2 aromatic carbocycles. The molecule has 0 saturated heterocycles. The molecule has 1 atom stereocenters. The molecule has 0 unspecified atom stereocenters. The Morgan fingerprint density at radius 2 is 1.74 bits per heavy atom. The van der Waals surface area contributed by atoms with Crippen LogP contribution in [0.3, 0.4) is 0 Å². The third-order valence-corrected chi connectivity index (χ3v) is 5.30. The van der Waals surface area contributed by atoms with Gasteiger partial charge in [-0.3, -0.25) is 4.57 Å². The Labute approximate surface area is 180 Å². The number of aromatic nitrogens is 3. The molecule has 0 bridgehead atoms. The average molecular weight is 418 g/mol. The van der Waals surface area contributed by atoms with Crippen LogP contribution < -0.4 is 10.5 Å². The fourth-order valence-corrected chi connectivity index (χ4v) is 3.39. The van der Waals surface area contributed by atoms with Gasteiger partial charge in [0, 0.05) is 5.69 Å². The summed E-state index contributed by atoms with van der Waals surface area (Å²) < 4.78 is 12.8. The number of anilines is 1. The van der Waals surface area contributed by atoms with Crippen LogP contribution in [0.25, 0.3) is 27.9 Å². The van der Waals surface area contributed by atoms with Gasteiger partial charge in [-0.1, -0.05) is 32.4 Å². The fraction of sp³-hybridized carbons (Fsp3) is 0.292. The molecule has 0 saturated carbocycles. The summed E-state index contributed by atoms with van der Waals surface area (Å²) in [7, 11) is 0. The van der Waals surface area contributed by atoms with E-state index >= 15 is 0 Å². The normalized spacial score (nSPS) is 12.2. The van der Waals surface area contributed by atoms with Crippen molar-refractivity contribution in [1.82, 2.24) is 14.5 Å². The number of fused-ring (bicyclic) bond motifs is 2. The standard InChI is InChI=1S/C24H26N4O3/c1-4-15(3)14-31-24(29)20-21-23(27-19-9-7-6-8-18(19)26-21)28(22(20)25)16-10-12-17(13-11-16)30-5-2/h6-13,15H,4-5,14,25H2,1-3H3/t15-/m0/s1. The lowest BCUT2D eigenvalue weighted by molar-refractivity contribution is 0.0450. The maximum Gasteiger partial charge on any atom is 0.344 e. The van der Waals surface area contributed by atoms with E-state index in [0.29, 0.717) is 29.9 Å². The van der Waals surface area contributed by atoms with E-state index in [2.05, 4.69) is 6.92 Å². The molecular weight excluding hydrogens is 392 g/mol. The van der Waals surface area contributed by atoms with Crippen molar-refractivity contribution >= 4 is 34.0 Å². The molecule has 2 heterocycles. The predicted molar refractivity (Wildman–Crippen MR) is 122 cm³/mol. The minimum absolute atomic E-state index is 0.241. The number of carbonyl (C=O) groups excluding carboxylic acids is 1. The van der Waals surface area contributed by atoms with Gasteiger partial charge in [0.2, 0.25) is 0 Å². The summed E-state index contributed by atoms with van der Waals surface area (Å²) in [5.74, 6) is 0.781. The first kappa shape index (κ1) is 20.7. The molecular formula is C24H26N4O3. The molecule has 4 aromatic rings. The number of hydrogen-bond acceptors (Lipinski definition) is 6. The first-order valence-corrected chi connectivity index (χ1v) is 10.5. The molecule has 0 amide bonds. The molecule has 160 valence electrons. The van der Waals surface area contributed by atoms with Gasteiger partial charge < -0.3 is 15.2 Å². The zero-order valence-electron chi connectivity index (χ0n) is 18.0. The van der Waals surface area contributed by atoms with Crippen LogP contribution in [0.2, 0.25) is 0 Å². The number of ether oxygens (including phenoxy) is 2. The van der Waals surface area contributed by atoms with Gasteiger partial charge in [-0.25, -0.2) is 14.8 Å². The van der Waals surface area contributed by atoms with Gasteiger partial charge in [0.25, 0.3) is 0 Å². The summed E-state index contributed by atoms with van der Waals surface area (Å²) >= 11 is 0. The van der Waals surface area contributed by atoms with Crippen molar-refractivity contribution in [3.63, 3.8) is 0 Å². The highest BCUT2D eigenvalue weighted by molar-refractivity contribution is 6.09. The van der Waals surface area contributed by atoms with E-state index < -0.39 is 5.97 Å². The quantitative estimate of drug-likeness (QED) is 0.435. The Morgan fingerprint density at radius 3 is 2.39 bits per heavy atom. The minimum Gasteiger partial charge on any atom is -0.494 e. The largest absolute Gasteiger partial charge is 0.494 e. The van der Waals surface area contributed by atoms with Crippen molar-refractivity contribution in [1.29, 1.82) is 0 Å². The second-order valence-corrected chi connectivity index (χ2v) is 7.52. The molecule has 2 N–H and O–H groups in total. The molecule has 4 rings (SSSR count). The van der Waals surface area contributed by atoms with Crippen LogP contribution in [-0.2, 0) is 4.74 Å². The molecule has 7 heteroatoms. The predicted octanol–water partition coefficient (Wildman–Crippen LogP) is 4.76. The van der Waals surface area contributed by atoms with Gasteiger partial charge in [-0.15, -0.1) is 0 Å². The topological polar surface area (TPSA) is 92.3 Å². The van der Waals surface area contributed by atoms with Crippen LogP contribution >= 0.6 is 0 Å². The van der Waals surface area contributed by atoms with Crippen LogP contribution in [-0.4, -0.2) is 33.7 Å². The van der Waals surface area contributed by atoms with Crippen LogP contribution in [0, 0.1) is 5.92 Å². The van der Waals surface area contributed by atoms with Crippen LogP contribution in [0.4, 0.5) is 5.82 Å². The molecule has 0 radical (unpaired) electrons. The summed E-state index contributed by atoms with van der Waals surface area (Å²) in [5.41, 5.74) is 9.85. The van der Waals surface area contributed by atoms with Crippen molar-refractivity contribution < 1.29 is 14.3 Å². The lowest BCUT2D eigenvalue weighted by Crippen LogP contribution is -2.13. The van der Waals surface area contributed by atoms with E-state index in [1.807, 2.05) is 62.4 Å². The number of benzene rings is 2. The molecule has 0 aliphatic carbocycles. The van der Waals surface area contributed by atoms with Crippen molar-refractivity contribution in [3.8, 4) is 11.4 Å². The third-order valence-electron chi connectivity index (χ3n) is 5.30. The van der Waals surface area contributed by atoms with Crippen molar-refractivity contribution in [2.24, 2.45) is 5.92 Å². The minimum atomic E-state index is -0.489. The summed E-state index contributed by atoms with van der Waals surface area (Å²) in [6.45, 7) is 6.93. The van der Waals surface area contributed by atoms with Crippen molar-refractivity contribution in [2.75, 3.05) is 18.9 Å². The zero-order chi connectivity index (χ0) is 22.0. The number of carbonyl (C=O) groups is 1. The Morgan fingerprint density at radius 1 is 1.06 bits per heavy atom. The van der Waals surface area contributed by atoms with Gasteiger partial charge in [0.1, 0.15) is 22.6 Å². The van der Waals surface area contributed by atoms with Gasteiger partial charge in [0.15, 0.2) is 5.65 Å². The Bertz CT molecular complexity index is 1230. The van der Waals surface area contributed by atoms with E-state index in [1.54, 1.807) is 4.57 Å². The highest BCUT2D eigenvalue weighted by Crippen LogP contribution is 2.32. The number of rotatable bonds is 7. The third kappa shape index (κ3) is 3.91. The summed E-state index contributed by atoms with van der Waals surface area (Å²) in [6, 6.07) is 15.0. The first-order chi connectivity index (χ1) is 15.0. The highest BCUT2D eigenvalue weighted by atomic mass is 16.5. The second kappa shape index (κ2) is 8.63. The maximum atomic E-state index is 13.0. The number of nitrogen functional groups attached to an aromatic ring is 1. The lowest BCUT2D eigenvalue weighted by atomic mass is 10.1. The van der Waals surface area contributed by atoms with Crippen molar-refractivity contribution in [3.05, 3.63) is 54.1 Å². The smallest absolute Gasteiger partial charge is 0.344 e. The number of hydrogen-bond donors (Lipinski definition) is 1. The fourth-order valence-electron chi connectivity index (χ4n) is 3.39. The molecule has 0 spiro atoms. The molecule has 0 aliphatic rings. The monoisotopic (exact) mass is 418 g/mol. The molecule has 7 nitrogen and oxygen atoms in total. The Kier molecular flexibility index (Phi) is 5.75. The number of nitrogens with two attached hydrogens (primary N) is 1. The van der Waals surface area contributed by atoms with Crippen LogP contribution in [0.1, 0.15) is 37.6 Å². The number of para-hydroxylation sites is 2. The average Bonchev–Trinajstić information content (AvgIpc) is 3.07. The van der Waals surface area contributed by atoms with Gasteiger partial charge >= 0.3 is 5.97 Å². The number of esters is 1. The lowest BCUT2D eigenvalue weighted by Gasteiger charge is -2.10. The van der Waals surface area contributed by atoms with Gasteiger partial charge in [-0.05, 0) is 49.2 Å². The molecule has 0 aliphatic heterocycles. The van der Waals surface area contributed by atoms with Gasteiger partial charge in [0.05, 0.1) is 24.2 Å². The van der Waals surface area contributed by atoms with E-state index in [-0.39, 0.29) is 17.3 Å². The summed E-state index contributed by atoms with van der Waals surface area (Å²) in [5, 5.41) is 0. The second-order valence-electron chi connectivity index (χ2n) is 7.52. The van der Waals surface area contributed by atoms with Gasteiger partial charge in [-0.2, -0.15) is 0 Å². The molecule has 2 aromatic heterocycles. The van der Waals surface area contributed by atoms with Crippen LogP contribution in [0.5, 0.6) is 5.75 Å². The number of nitrogens with zero attached hydrogens (tertiary/aromatic N) is 3. The maximum absolute atomic E-state index is 13.0. The van der Waals surface area contributed by atoms with E-state index in [1.165, 1.54) is 0 Å². The van der Waals surface area contributed by atoms with Crippen LogP contribution in [0.15, 0.2) is 48.5 Å². The Balaban J connectivity index is 1.89. The summed E-state index contributed by atoms with van der Waals surface area (Å²) in [4.78, 5) is 22.5.